The zero-order valence-electron chi connectivity index (χ0n) is 10.6. The van der Waals surface area contributed by atoms with Crippen LogP contribution in [0.4, 0.5) is 0 Å². The number of carbonyl (C=O) groups is 1. The zero-order chi connectivity index (χ0) is 14.0. The van der Waals surface area contributed by atoms with Crippen LogP contribution >= 0.6 is 23.4 Å². The zero-order valence-corrected chi connectivity index (χ0v) is 12.1. The number of nitrogens with zero attached hydrogens (tertiary/aromatic N) is 2. The third-order valence-electron chi connectivity index (χ3n) is 2.49. The van der Waals surface area contributed by atoms with Crippen molar-refractivity contribution in [3.05, 3.63) is 29.0 Å². The number of carboxylic acid groups (broad SMARTS) is 1. The quantitative estimate of drug-likeness (QED) is 0.690. The van der Waals surface area contributed by atoms with Crippen molar-refractivity contribution in [3.63, 3.8) is 0 Å². The van der Waals surface area contributed by atoms with Crippen LogP contribution in [0.3, 0.4) is 0 Å². The number of thioether (sulfide) groups is 1. The van der Waals surface area contributed by atoms with E-state index < -0.39 is 5.97 Å². The van der Waals surface area contributed by atoms with Crippen molar-refractivity contribution in [1.29, 1.82) is 0 Å². The van der Waals surface area contributed by atoms with Gasteiger partial charge in [-0.3, -0.25) is 4.79 Å². The molecule has 19 heavy (non-hydrogen) atoms. The Bertz CT molecular complexity index is 631. The van der Waals surface area contributed by atoms with Gasteiger partial charge in [-0.05, 0) is 18.2 Å². The first-order chi connectivity index (χ1) is 8.97. The summed E-state index contributed by atoms with van der Waals surface area (Å²) in [4.78, 5) is 19.6. The van der Waals surface area contributed by atoms with E-state index in [-0.39, 0.29) is 11.7 Å². The number of carboxylic acids is 1. The van der Waals surface area contributed by atoms with Gasteiger partial charge in [0, 0.05) is 16.3 Å². The minimum absolute atomic E-state index is 0.0216. The van der Waals surface area contributed by atoms with E-state index in [1.54, 1.807) is 12.1 Å². The Kier molecular flexibility index (Phi) is 4.27. The fourth-order valence-corrected chi connectivity index (χ4v) is 2.50. The van der Waals surface area contributed by atoms with E-state index in [0.29, 0.717) is 15.9 Å². The second-order valence-electron chi connectivity index (χ2n) is 4.39. The van der Waals surface area contributed by atoms with Gasteiger partial charge in [-0.15, -0.1) is 0 Å². The van der Waals surface area contributed by atoms with Crippen LogP contribution in [-0.2, 0) is 4.79 Å². The third-order valence-corrected chi connectivity index (χ3v) is 3.70. The third kappa shape index (κ3) is 3.36. The molecule has 0 aliphatic heterocycles. The normalized spacial score (nSPS) is 11.2. The molecule has 0 bridgehead atoms. The molecule has 0 aliphatic carbocycles. The molecule has 1 aromatic heterocycles. The molecule has 0 radical (unpaired) electrons. The van der Waals surface area contributed by atoms with Gasteiger partial charge in [0.25, 0.3) is 0 Å². The molecule has 0 amide bonds. The summed E-state index contributed by atoms with van der Waals surface area (Å²) in [5, 5.41) is 10.9. The summed E-state index contributed by atoms with van der Waals surface area (Å²) in [5.41, 5.74) is 0.749. The standard InChI is InChI=1S/C13H13ClN2O2S/c1-7(2)12-15-10-5-8(14)3-4-9(10)13(16-12)19-6-11(17)18/h3-5,7H,6H2,1-2H3,(H,17,18). The van der Waals surface area contributed by atoms with Crippen LogP contribution in [0.2, 0.25) is 5.02 Å². The molecule has 1 N–H and O–H groups in total. The molecule has 0 spiro atoms. The summed E-state index contributed by atoms with van der Waals surface area (Å²) in [6.07, 6.45) is 0. The summed E-state index contributed by atoms with van der Waals surface area (Å²) < 4.78 is 0. The van der Waals surface area contributed by atoms with Gasteiger partial charge in [0.1, 0.15) is 10.9 Å². The predicted molar refractivity (Wildman–Crippen MR) is 77.0 cm³/mol. The van der Waals surface area contributed by atoms with Gasteiger partial charge in [0.2, 0.25) is 0 Å². The Labute approximate surface area is 120 Å². The van der Waals surface area contributed by atoms with Crippen LogP contribution in [0.25, 0.3) is 10.9 Å². The maximum Gasteiger partial charge on any atom is 0.313 e. The van der Waals surface area contributed by atoms with Crippen LogP contribution in [-0.4, -0.2) is 26.8 Å². The van der Waals surface area contributed by atoms with Gasteiger partial charge in [-0.1, -0.05) is 37.2 Å². The van der Waals surface area contributed by atoms with Crippen molar-refractivity contribution in [2.24, 2.45) is 0 Å². The summed E-state index contributed by atoms with van der Waals surface area (Å²) in [7, 11) is 0. The Morgan fingerprint density at radius 2 is 2.16 bits per heavy atom. The van der Waals surface area contributed by atoms with Crippen molar-refractivity contribution in [2.75, 3.05) is 5.75 Å². The largest absolute Gasteiger partial charge is 0.481 e. The summed E-state index contributed by atoms with van der Waals surface area (Å²) in [6, 6.07) is 5.36. The average molecular weight is 297 g/mol. The Balaban J connectivity index is 2.54. The molecule has 0 atom stereocenters. The predicted octanol–water partition coefficient (Wildman–Crippen LogP) is 3.58. The average Bonchev–Trinajstić information content (AvgIpc) is 2.34. The van der Waals surface area contributed by atoms with Crippen molar-refractivity contribution >= 4 is 40.2 Å². The molecule has 0 fully saturated rings. The van der Waals surface area contributed by atoms with Crippen molar-refractivity contribution in [3.8, 4) is 0 Å². The molecule has 0 saturated carbocycles. The van der Waals surface area contributed by atoms with E-state index in [4.69, 9.17) is 16.7 Å². The fraction of sp³-hybridized carbons (Fsp3) is 0.308. The number of aliphatic carboxylic acids is 1. The van der Waals surface area contributed by atoms with E-state index >= 15 is 0 Å². The van der Waals surface area contributed by atoms with Gasteiger partial charge in [0.05, 0.1) is 11.3 Å². The highest BCUT2D eigenvalue weighted by atomic mass is 35.5. The summed E-state index contributed by atoms with van der Waals surface area (Å²) >= 11 is 7.17. The number of aromatic nitrogens is 2. The minimum atomic E-state index is -0.864. The molecule has 1 aromatic carbocycles. The minimum Gasteiger partial charge on any atom is -0.481 e. The van der Waals surface area contributed by atoms with E-state index in [1.165, 1.54) is 11.8 Å². The molecule has 0 unspecified atom stereocenters. The number of hydrogen-bond acceptors (Lipinski definition) is 4. The van der Waals surface area contributed by atoms with E-state index in [9.17, 15) is 4.79 Å². The number of halogens is 1. The Hall–Kier alpha value is -1.33. The first-order valence-corrected chi connectivity index (χ1v) is 7.15. The second kappa shape index (κ2) is 5.75. The fourth-order valence-electron chi connectivity index (χ4n) is 1.59. The lowest BCUT2D eigenvalue weighted by Crippen LogP contribution is -2.03. The molecule has 2 aromatic rings. The van der Waals surface area contributed by atoms with E-state index in [1.807, 2.05) is 19.9 Å². The lowest BCUT2D eigenvalue weighted by Gasteiger charge is -2.09. The van der Waals surface area contributed by atoms with Crippen LogP contribution < -0.4 is 0 Å². The number of rotatable bonds is 4. The Morgan fingerprint density at radius 1 is 1.42 bits per heavy atom. The van der Waals surface area contributed by atoms with Crippen LogP contribution in [0, 0.1) is 0 Å². The van der Waals surface area contributed by atoms with E-state index in [0.717, 1.165) is 10.9 Å². The smallest absolute Gasteiger partial charge is 0.313 e. The van der Waals surface area contributed by atoms with Crippen LogP contribution in [0.1, 0.15) is 25.6 Å². The molecule has 2 rings (SSSR count). The topological polar surface area (TPSA) is 63.1 Å². The second-order valence-corrected chi connectivity index (χ2v) is 5.79. The summed E-state index contributed by atoms with van der Waals surface area (Å²) in [5.74, 6) is -0.0150. The maximum absolute atomic E-state index is 10.7. The number of hydrogen-bond donors (Lipinski definition) is 1. The van der Waals surface area contributed by atoms with Crippen molar-refractivity contribution in [1.82, 2.24) is 9.97 Å². The first-order valence-electron chi connectivity index (χ1n) is 5.79. The lowest BCUT2D eigenvalue weighted by atomic mass is 10.2. The first kappa shape index (κ1) is 14.1. The molecule has 0 aliphatic rings. The molecular weight excluding hydrogens is 284 g/mol. The molecule has 1 heterocycles. The van der Waals surface area contributed by atoms with Gasteiger partial charge >= 0.3 is 5.97 Å². The number of benzene rings is 1. The monoisotopic (exact) mass is 296 g/mol. The highest BCUT2D eigenvalue weighted by Gasteiger charge is 2.12. The molecule has 0 saturated heterocycles. The van der Waals surface area contributed by atoms with Crippen LogP contribution in [0.5, 0.6) is 0 Å². The maximum atomic E-state index is 10.7. The molecule has 4 nitrogen and oxygen atoms in total. The van der Waals surface area contributed by atoms with Crippen LogP contribution in [0.15, 0.2) is 23.2 Å². The van der Waals surface area contributed by atoms with Gasteiger partial charge in [0.15, 0.2) is 0 Å². The van der Waals surface area contributed by atoms with Crippen molar-refractivity contribution in [2.45, 2.75) is 24.8 Å². The molecular formula is C13H13ClN2O2S. The highest BCUT2D eigenvalue weighted by Crippen LogP contribution is 2.28. The van der Waals surface area contributed by atoms with Gasteiger partial charge in [-0.2, -0.15) is 0 Å². The van der Waals surface area contributed by atoms with Crippen molar-refractivity contribution < 1.29 is 9.90 Å². The Morgan fingerprint density at radius 3 is 2.79 bits per heavy atom. The SMILES string of the molecule is CC(C)c1nc(SCC(=O)O)c2ccc(Cl)cc2n1. The number of fused-ring (bicyclic) bond motifs is 1. The molecule has 100 valence electrons. The lowest BCUT2D eigenvalue weighted by molar-refractivity contribution is -0.133. The van der Waals surface area contributed by atoms with Gasteiger partial charge < -0.3 is 5.11 Å². The van der Waals surface area contributed by atoms with E-state index in [2.05, 4.69) is 9.97 Å². The van der Waals surface area contributed by atoms with Gasteiger partial charge in [-0.25, -0.2) is 9.97 Å². The molecule has 6 heteroatoms. The highest BCUT2D eigenvalue weighted by molar-refractivity contribution is 8.00. The summed E-state index contributed by atoms with van der Waals surface area (Å²) in [6.45, 7) is 3.99.